The molecule has 4 rings (SSSR count). The standard InChI is InChI=1S/C19H24N4OS/c1-15-21-17(13-25-15)12-22-9-2-5-19(14-22)6-10-23(18(19)24)11-16-3-7-20-8-4-16/h3-4,7-8,13H,2,5-6,9-12,14H2,1H3/t19-/m0/s1. The fraction of sp³-hybridized carbons (Fsp3) is 0.526. The van der Waals surface area contributed by atoms with E-state index in [9.17, 15) is 4.79 Å². The van der Waals surface area contributed by atoms with E-state index in [4.69, 9.17) is 0 Å². The van der Waals surface area contributed by atoms with Crippen molar-refractivity contribution in [2.24, 2.45) is 5.41 Å². The van der Waals surface area contributed by atoms with Crippen molar-refractivity contribution in [3.8, 4) is 0 Å². The number of piperidine rings is 1. The summed E-state index contributed by atoms with van der Waals surface area (Å²) < 4.78 is 0. The molecule has 132 valence electrons. The second kappa shape index (κ2) is 6.84. The molecule has 0 radical (unpaired) electrons. The lowest BCUT2D eigenvalue weighted by atomic mass is 9.78. The van der Waals surface area contributed by atoms with Crippen LogP contribution in [0.1, 0.15) is 35.5 Å². The van der Waals surface area contributed by atoms with E-state index >= 15 is 0 Å². The highest BCUT2D eigenvalue weighted by atomic mass is 32.1. The quantitative estimate of drug-likeness (QED) is 0.845. The molecule has 2 fully saturated rings. The van der Waals surface area contributed by atoms with Gasteiger partial charge >= 0.3 is 0 Å². The molecule has 5 nitrogen and oxygen atoms in total. The first-order valence-corrected chi connectivity index (χ1v) is 9.84. The maximum atomic E-state index is 13.2. The van der Waals surface area contributed by atoms with Crippen molar-refractivity contribution in [3.05, 3.63) is 46.2 Å². The maximum Gasteiger partial charge on any atom is 0.230 e. The van der Waals surface area contributed by atoms with Crippen LogP contribution in [0, 0.1) is 12.3 Å². The lowest BCUT2D eigenvalue weighted by Crippen LogP contribution is -2.47. The van der Waals surface area contributed by atoms with Crippen molar-refractivity contribution in [1.82, 2.24) is 19.8 Å². The predicted molar refractivity (Wildman–Crippen MR) is 98.1 cm³/mol. The zero-order chi connectivity index (χ0) is 17.3. The number of hydrogen-bond donors (Lipinski definition) is 0. The van der Waals surface area contributed by atoms with Crippen LogP contribution in [0.5, 0.6) is 0 Å². The van der Waals surface area contributed by atoms with E-state index in [1.807, 2.05) is 24.0 Å². The van der Waals surface area contributed by atoms with Crippen LogP contribution >= 0.6 is 11.3 Å². The van der Waals surface area contributed by atoms with Gasteiger partial charge in [-0.3, -0.25) is 14.7 Å². The monoisotopic (exact) mass is 356 g/mol. The number of thiazole rings is 1. The Morgan fingerprint density at radius 1 is 1.20 bits per heavy atom. The van der Waals surface area contributed by atoms with Gasteiger partial charge < -0.3 is 4.90 Å². The van der Waals surface area contributed by atoms with Crippen LogP contribution in [-0.4, -0.2) is 45.3 Å². The van der Waals surface area contributed by atoms with E-state index in [1.165, 1.54) is 0 Å². The van der Waals surface area contributed by atoms with Gasteiger partial charge in [-0.05, 0) is 50.4 Å². The third-order valence-electron chi connectivity index (χ3n) is 5.43. The summed E-state index contributed by atoms with van der Waals surface area (Å²) in [5.41, 5.74) is 2.11. The van der Waals surface area contributed by atoms with Gasteiger partial charge in [-0.25, -0.2) is 4.98 Å². The van der Waals surface area contributed by atoms with Gasteiger partial charge in [-0.1, -0.05) is 0 Å². The number of carbonyl (C=O) groups excluding carboxylic acids is 1. The zero-order valence-corrected chi connectivity index (χ0v) is 15.5. The van der Waals surface area contributed by atoms with E-state index < -0.39 is 0 Å². The average Bonchev–Trinajstić information content (AvgIpc) is 3.15. The molecule has 2 saturated heterocycles. The van der Waals surface area contributed by atoms with Crippen molar-refractivity contribution < 1.29 is 4.79 Å². The van der Waals surface area contributed by atoms with E-state index in [0.717, 1.165) is 61.7 Å². The average molecular weight is 356 g/mol. The summed E-state index contributed by atoms with van der Waals surface area (Å²) >= 11 is 1.70. The number of aryl methyl sites for hydroxylation is 1. The van der Waals surface area contributed by atoms with Gasteiger partial charge in [0.2, 0.25) is 5.91 Å². The van der Waals surface area contributed by atoms with E-state index in [-0.39, 0.29) is 5.41 Å². The lowest BCUT2D eigenvalue weighted by Gasteiger charge is -2.38. The molecule has 2 aliphatic rings. The van der Waals surface area contributed by atoms with Crippen molar-refractivity contribution in [3.63, 3.8) is 0 Å². The second-order valence-corrected chi connectivity index (χ2v) is 8.35. The van der Waals surface area contributed by atoms with Crippen molar-refractivity contribution in [1.29, 1.82) is 0 Å². The van der Waals surface area contributed by atoms with Gasteiger partial charge in [0.15, 0.2) is 0 Å². The van der Waals surface area contributed by atoms with Gasteiger partial charge in [0.05, 0.1) is 16.1 Å². The number of rotatable bonds is 4. The highest BCUT2D eigenvalue weighted by Gasteiger charge is 2.48. The number of likely N-dealkylation sites (tertiary alicyclic amines) is 2. The fourth-order valence-corrected chi connectivity index (χ4v) is 4.81. The summed E-state index contributed by atoms with van der Waals surface area (Å²) in [4.78, 5) is 26.3. The van der Waals surface area contributed by atoms with Crippen LogP contribution in [0.15, 0.2) is 29.9 Å². The van der Waals surface area contributed by atoms with Crippen LogP contribution in [0.4, 0.5) is 0 Å². The van der Waals surface area contributed by atoms with Gasteiger partial charge in [-0.2, -0.15) is 0 Å². The highest BCUT2D eigenvalue weighted by molar-refractivity contribution is 7.09. The summed E-state index contributed by atoms with van der Waals surface area (Å²) in [7, 11) is 0. The molecule has 0 aliphatic carbocycles. The normalized spacial score (nSPS) is 24.4. The van der Waals surface area contributed by atoms with E-state index in [2.05, 4.69) is 20.2 Å². The number of carbonyl (C=O) groups is 1. The second-order valence-electron chi connectivity index (χ2n) is 7.28. The van der Waals surface area contributed by atoms with Gasteiger partial charge in [0.25, 0.3) is 0 Å². The van der Waals surface area contributed by atoms with Crippen LogP contribution in [0.2, 0.25) is 0 Å². The Hall–Kier alpha value is -1.79. The molecule has 0 saturated carbocycles. The Morgan fingerprint density at radius 2 is 2.04 bits per heavy atom. The summed E-state index contributed by atoms with van der Waals surface area (Å²) in [5, 5.41) is 3.25. The number of hydrogen-bond acceptors (Lipinski definition) is 5. The summed E-state index contributed by atoms with van der Waals surface area (Å²) in [6.45, 7) is 6.41. The Balaban J connectivity index is 1.43. The van der Waals surface area contributed by atoms with E-state index in [1.54, 1.807) is 23.7 Å². The molecule has 1 atom stereocenters. The Labute approximate surface area is 152 Å². The summed E-state index contributed by atoms with van der Waals surface area (Å²) in [6.07, 6.45) is 6.68. The molecule has 2 aromatic heterocycles. The van der Waals surface area contributed by atoms with E-state index in [0.29, 0.717) is 12.5 Å². The molecule has 4 heterocycles. The zero-order valence-electron chi connectivity index (χ0n) is 14.6. The Kier molecular flexibility index (Phi) is 4.56. The van der Waals surface area contributed by atoms with Crippen molar-refractivity contribution in [2.75, 3.05) is 19.6 Å². The molecular formula is C19H24N4OS. The first kappa shape index (κ1) is 16.7. The first-order chi connectivity index (χ1) is 12.1. The molecule has 1 spiro atoms. The third kappa shape index (κ3) is 3.46. The highest BCUT2D eigenvalue weighted by Crippen LogP contribution is 2.41. The number of pyridine rings is 1. The molecule has 0 bridgehead atoms. The molecule has 2 aliphatic heterocycles. The minimum atomic E-state index is -0.184. The molecular weight excluding hydrogens is 332 g/mol. The maximum absolute atomic E-state index is 13.2. The van der Waals surface area contributed by atoms with Crippen LogP contribution in [0.25, 0.3) is 0 Å². The van der Waals surface area contributed by atoms with Gasteiger partial charge in [-0.15, -0.1) is 11.3 Å². The molecule has 1 amide bonds. The molecule has 6 heteroatoms. The molecule has 0 aromatic carbocycles. The largest absolute Gasteiger partial charge is 0.338 e. The van der Waals surface area contributed by atoms with Gasteiger partial charge in [0.1, 0.15) is 0 Å². The first-order valence-electron chi connectivity index (χ1n) is 8.96. The topological polar surface area (TPSA) is 49.3 Å². The predicted octanol–water partition coefficient (Wildman–Crippen LogP) is 2.86. The van der Waals surface area contributed by atoms with Crippen LogP contribution in [-0.2, 0) is 17.9 Å². The number of nitrogens with zero attached hydrogens (tertiary/aromatic N) is 4. The smallest absolute Gasteiger partial charge is 0.230 e. The summed E-state index contributed by atoms with van der Waals surface area (Å²) in [5.74, 6) is 0.337. The van der Waals surface area contributed by atoms with Crippen molar-refractivity contribution >= 4 is 17.2 Å². The van der Waals surface area contributed by atoms with Crippen molar-refractivity contribution in [2.45, 2.75) is 39.3 Å². The molecule has 2 aromatic rings. The Morgan fingerprint density at radius 3 is 2.80 bits per heavy atom. The SMILES string of the molecule is Cc1nc(CN2CCC[C@]3(CCN(Cc4ccncc4)C3=O)C2)cs1. The minimum absolute atomic E-state index is 0.184. The van der Waals surface area contributed by atoms with Gasteiger partial charge in [0, 0.05) is 44.0 Å². The minimum Gasteiger partial charge on any atom is -0.338 e. The number of aromatic nitrogens is 2. The third-order valence-corrected chi connectivity index (χ3v) is 6.25. The fourth-order valence-electron chi connectivity index (χ4n) is 4.20. The van der Waals surface area contributed by atoms with Crippen LogP contribution < -0.4 is 0 Å². The van der Waals surface area contributed by atoms with Crippen LogP contribution in [0.3, 0.4) is 0 Å². The summed E-state index contributed by atoms with van der Waals surface area (Å²) in [6, 6.07) is 3.99. The Bertz CT molecular complexity index is 747. The lowest BCUT2D eigenvalue weighted by molar-refractivity contribution is -0.139. The molecule has 0 N–H and O–H groups in total. The number of amides is 1. The molecule has 0 unspecified atom stereocenters. The molecule has 25 heavy (non-hydrogen) atoms.